The number of aromatic nitrogens is 25. The van der Waals surface area contributed by atoms with Crippen LogP contribution in [-0.4, -0.2) is 119 Å². The van der Waals surface area contributed by atoms with E-state index in [2.05, 4.69) is 234 Å². The Kier molecular flexibility index (Phi) is 41.1. The summed E-state index contributed by atoms with van der Waals surface area (Å²) in [6, 6.07) is 74.9. The topological polar surface area (TPSA) is 229 Å². The Hall–Kier alpha value is -11.0. The number of nitrogens with zero attached hydrogens (tertiary/aromatic N) is 25. The molecule has 25 rings (SSSR count). The first-order chi connectivity index (χ1) is 54.3. The fraction of sp³-hybridized carbons (Fsp3) is 0.102. The number of fused-ring (bicyclic) bond motifs is 38. The largest absolute Gasteiger partial charge is 3.00 e. The van der Waals surface area contributed by atoms with Crippen LogP contribution in [0.4, 0.5) is 0 Å². The zero-order valence-electron chi connectivity index (χ0n) is 74.8. The smallest absolute Gasteiger partial charge is 0.358 e. The maximum Gasteiger partial charge on any atom is 3.00 e. The van der Waals surface area contributed by atoms with Gasteiger partial charge < -0.3 is 121 Å². The van der Waals surface area contributed by atoms with Crippen LogP contribution < -0.4 is 0 Å². The summed E-state index contributed by atoms with van der Waals surface area (Å²) in [7, 11) is 0. The standard InChI is InChI=1S/C29H31N2.C13H8N3.C12H7N4.2C11H6N5.C10H5N6.12CH3.6Ir/c1-28(2,3)17-19-12-14-25-23(15-19)21-9-7-8-10-22(21)27-30-24-13-11-20(18-29(4,5)6)16-26(24)31(25)27;1-2-5-11-10(4-1)13-14-7-9-16(13)12-6-3-8-15(11)12;1-2-5-10-9(4-1)12-13-8-14-16(12)11-6-3-7-15(10)11;1-2-4-9-8(3-1)11-13-6-14-16(11)10-5-12-7-15(9)10;1-2-4-9-8(3-1)10-14-13-7-16(10)11-12-5-6-15(9)11;1-2-7-9(11-4-1)15-8(3-5-13-15)16-10(7)12-6-14-16;;;;;;;;;;;;;;;;;;/h7-9,11-16H,17-18H2,1-6H3;1-3,5-9H;1-3,5-8H;2*1-2,4-7H;1,3-6H;12*1H3;;;;;;/q18*-1;6*+3. The SMILES string of the molecule is CC(C)(C)Cc1ccc2c(c1)c1ccc[c-]c1c1nc3ccc(CC(C)(C)C)cc3n21.[CH3-].[CH3-].[CH3-].[CH3-].[CH3-].[CH3-].[CH3-].[CH3-].[CH3-].[CH3-].[CH3-].[CH3-].[Ir+3].[Ir+3].[Ir+3].[Ir+3].[Ir+3].[Ir+3].[c-]1cccc2c1c1nccn1c1cccn21.[c-]1cccc2c1c1ncnn1c1cccn21.[c-]1cccc2c1c1ncnn1c1cncn21.[c-]1cccc2c1c1nncn1c1nccn21.[c-]1ccnc2c1c1ncnn1c1ccnn21. The maximum atomic E-state index is 5.04. The molecule has 25 aromatic rings. The summed E-state index contributed by atoms with van der Waals surface area (Å²) in [6.45, 7) is 13.8. The van der Waals surface area contributed by atoms with E-state index in [1.54, 1.807) is 69.7 Å². The molecule has 0 amide bonds. The molecular weight excluding hydrogens is 2680 g/mol. The molecule has 18 aromatic heterocycles. The van der Waals surface area contributed by atoms with Gasteiger partial charge >= 0.3 is 121 Å². The van der Waals surface area contributed by atoms with Gasteiger partial charge in [-0.3, -0.25) is 29.3 Å². The number of hydrogen-bond donors (Lipinski definition) is 0. The van der Waals surface area contributed by atoms with Crippen LogP contribution in [0, 0.1) is 136 Å². The van der Waals surface area contributed by atoms with Crippen LogP contribution in [0.3, 0.4) is 0 Å². The average molecular weight is 2780 g/mol. The molecule has 0 aliphatic heterocycles. The summed E-state index contributed by atoms with van der Waals surface area (Å²) in [5.41, 5.74) is 20.8. The van der Waals surface area contributed by atoms with E-state index in [-0.39, 0.29) is 221 Å². The quantitative estimate of drug-likeness (QED) is 0.116. The third kappa shape index (κ3) is 20.5. The van der Waals surface area contributed by atoms with E-state index in [0.717, 1.165) is 141 Å². The van der Waals surface area contributed by atoms with Gasteiger partial charge in [0.2, 0.25) is 5.78 Å². The van der Waals surface area contributed by atoms with Crippen molar-refractivity contribution in [3.05, 3.63) is 388 Å². The van der Waals surface area contributed by atoms with Gasteiger partial charge in [0.25, 0.3) is 0 Å². The van der Waals surface area contributed by atoms with Gasteiger partial charge in [-0.25, -0.2) is 28.0 Å². The predicted molar refractivity (Wildman–Crippen MR) is 505 cm³/mol. The van der Waals surface area contributed by atoms with Crippen LogP contribution in [0.5, 0.6) is 0 Å². The minimum Gasteiger partial charge on any atom is -0.358 e. The van der Waals surface area contributed by atoms with Gasteiger partial charge in [0.1, 0.15) is 47.9 Å². The van der Waals surface area contributed by atoms with E-state index in [1.165, 1.54) is 39.3 Å². The van der Waals surface area contributed by atoms with Crippen LogP contribution in [0.1, 0.15) is 52.7 Å². The second kappa shape index (κ2) is 46.5. The average Bonchev–Trinajstić information content (AvgIpc) is 1.59. The van der Waals surface area contributed by atoms with Crippen LogP contribution in [0.25, 0.3) is 150 Å². The summed E-state index contributed by atoms with van der Waals surface area (Å²) in [5.74, 6) is 0.812. The summed E-state index contributed by atoms with van der Waals surface area (Å²) in [4.78, 5) is 34.9. The molecular formula is C98H99Ir6N25. The van der Waals surface area contributed by atoms with Gasteiger partial charge in [0.05, 0.1) is 69.3 Å². The van der Waals surface area contributed by atoms with Crippen molar-refractivity contribution < 1.29 is 121 Å². The summed E-state index contributed by atoms with van der Waals surface area (Å²) in [5, 5.41) is 33.2. The Morgan fingerprint density at radius 3 is 1.38 bits per heavy atom. The fourth-order valence-electron chi connectivity index (χ4n) is 15.1. The zero-order valence-corrected chi connectivity index (χ0v) is 89.1. The number of imidazole rings is 4. The number of pyridine rings is 2. The Labute approximate surface area is 834 Å². The van der Waals surface area contributed by atoms with Crippen LogP contribution in [0.15, 0.2) is 251 Å². The van der Waals surface area contributed by atoms with Crippen molar-refractivity contribution in [3.8, 4) is 0 Å². The molecule has 0 aliphatic carbocycles. The third-order valence-corrected chi connectivity index (χ3v) is 19.5. The van der Waals surface area contributed by atoms with Crippen molar-refractivity contribution in [2.24, 2.45) is 10.8 Å². The van der Waals surface area contributed by atoms with Crippen molar-refractivity contribution in [3.63, 3.8) is 0 Å². The van der Waals surface area contributed by atoms with Gasteiger partial charge in [-0.1, -0.05) is 98.3 Å². The minimum absolute atomic E-state index is 0. The third-order valence-electron chi connectivity index (χ3n) is 19.5. The van der Waals surface area contributed by atoms with Crippen LogP contribution in [-0.2, 0) is 133 Å². The first kappa shape index (κ1) is 114. The summed E-state index contributed by atoms with van der Waals surface area (Å²) in [6.07, 6.45) is 26.9. The van der Waals surface area contributed by atoms with Gasteiger partial charge in [0, 0.05) is 48.8 Å². The monoisotopic (exact) mass is 2780 g/mol. The number of benzene rings is 7. The van der Waals surface area contributed by atoms with E-state index in [9.17, 15) is 0 Å². The molecule has 0 saturated heterocycles. The maximum absolute atomic E-state index is 5.04. The Morgan fingerprint density at radius 2 is 0.775 bits per heavy atom. The van der Waals surface area contributed by atoms with Gasteiger partial charge in [-0.15, -0.1) is 144 Å². The molecule has 0 aliphatic rings. The second-order valence-electron chi connectivity index (χ2n) is 29.3. The van der Waals surface area contributed by atoms with Gasteiger partial charge in [-0.05, 0) is 105 Å². The molecule has 0 bridgehead atoms. The minimum atomic E-state index is 0. The predicted octanol–water partition coefficient (Wildman–Crippen LogP) is 21.0. The summed E-state index contributed by atoms with van der Waals surface area (Å²) >= 11 is 0. The first-order valence-electron chi connectivity index (χ1n) is 36.0. The molecule has 0 unspecified atom stereocenters. The van der Waals surface area contributed by atoms with E-state index >= 15 is 0 Å². The molecule has 0 atom stereocenters. The van der Waals surface area contributed by atoms with Crippen molar-refractivity contribution in [2.45, 2.75) is 54.4 Å². The number of rotatable bonds is 2. The molecule has 0 N–H and O–H groups in total. The van der Waals surface area contributed by atoms with Crippen molar-refractivity contribution in [1.82, 2.24) is 119 Å². The molecule has 670 valence electrons. The van der Waals surface area contributed by atoms with Gasteiger partial charge in [-0.2, -0.15) is 25.5 Å². The summed E-state index contributed by atoms with van der Waals surface area (Å²) < 4.78 is 21.6. The molecule has 25 nitrogen and oxygen atoms in total. The van der Waals surface area contributed by atoms with E-state index in [4.69, 9.17) is 4.98 Å². The van der Waals surface area contributed by atoms with E-state index in [0.29, 0.717) is 0 Å². The Morgan fingerprint density at radius 1 is 0.310 bits per heavy atom. The molecule has 0 radical (unpaired) electrons. The van der Waals surface area contributed by atoms with Crippen molar-refractivity contribution >= 4 is 150 Å². The second-order valence-corrected chi connectivity index (χ2v) is 29.3. The van der Waals surface area contributed by atoms with Crippen LogP contribution in [0.2, 0.25) is 0 Å². The van der Waals surface area contributed by atoms with Crippen molar-refractivity contribution in [1.29, 1.82) is 0 Å². The molecule has 0 spiro atoms. The van der Waals surface area contributed by atoms with E-state index < -0.39 is 0 Å². The van der Waals surface area contributed by atoms with Crippen LogP contribution >= 0.6 is 0 Å². The molecule has 31 heteroatoms. The molecule has 18 heterocycles. The molecule has 0 saturated carbocycles. The Bertz CT molecular complexity index is 6750. The van der Waals surface area contributed by atoms with E-state index in [1.807, 2.05) is 134 Å². The first-order valence-corrected chi connectivity index (χ1v) is 36.0. The molecule has 129 heavy (non-hydrogen) atoms. The molecule has 0 fully saturated rings. The van der Waals surface area contributed by atoms with Gasteiger partial charge in [0.15, 0.2) is 0 Å². The Balaban J connectivity index is 0.000000519. The normalized spacial score (nSPS) is 10.4. The number of hydrogen-bond acceptors (Lipinski definition) is 14. The molecule has 7 aromatic carbocycles. The zero-order chi connectivity index (χ0) is 74.6. The fourth-order valence-corrected chi connectivity index (χ4v) is 15.1. The van der Waals surface area contributed by atoms with Crippen molar-refractivity contribution in [2.75, 3.05) is 0 Å².